The van der Waals surface area contributed by atoms with Crippen molar-refractivity contribution in [3.8, 4) is 5.75 Å². The van der Waals surface area contributed by atoms with Gasteiger partial charge < -0.3 is 9.47 Å². The van der Waals surface area contributed by atoms with Crippen LogP contribution in [0.2, 0.25) is 0 Å². The van der Waals surface area contributed by atoms with Gasteiger partial charge in [0, 0.05) is 18.9 Å². The second-order valence-electron chi connectivity index (χ2n) is 9.94. The predicted octanol–water partition coefficient (Wildman–Crippen LogP) is 4.49. The van der Waals surface area contributed by atoms with Gasteiger partial charge in [0.05, 0.1) is 24.2 Å². The summed E-state index contributed by atoms with van der Waals surface area (Å²) >= 11 is 0. The number of benzene rings is 1. The summed E-state index contributed by atoms with van der Waals surface area (Å²) in [5.41, 5.74) is 2.43. The van der Waals surface area contributed by atoms with Crippen LogP contribution in [0.15, 0.2) is 53.7 Å². The molecule has 38 heavy (non-hydrogen) atoms. The Bertz CT molecular complexity index is 1110. The number of hydrogen-bond acceptors (Lipinski definition) is 7. The van der Waals surface area contributed by atoms with Crippen LogP contribution in [0.4, 0.5) is 0 Å². The average molecular weight is 568 g/mol. The normalized spacial score (nSPS) is 21.3. The molecule has 1 atom stereocenters. The smallest absolute Gasteiger partial charge is 0.262 e. The number of hydrogen-bond donors (Lipinski definition) is 2. The standard InChI is InChI=1S/C27H37N3O6S.ClH/c1-35-22-11-13-25(14-12-22)37(33,34)30(19-20-15-17-28-18-16-20)26(27(31)29-32)21-7-9-24(10-8-21)36-23-5-3-2-4-6-23;/h11-18,21,23-24,26,32H,2-10,19H2,1H3,(H,29,31);1H. The molecule has 2 aliphatic rings. The molecule has 9 nitrogen and oxygen atoms in total. The summed E-state index contributed by atoms with van der Waals surface area (Å²) in [6.07, 6.45) is 12.2. The van der Waals surface area contributed by atoms with E-state index in [9.17, 15) is 18.4 Å². The first-order valence-corrected chi connectivity index (χ1v) is 14.5. The Morgan fingerprint density at radius 1 is 1.00 bits per heavy atom. The van der Waals surface area contributed by atoms with E-state index >= 15 is 0 Å². The molecule has 0 aliphatic heterocycles. The number of hydroxylamine groups is 1. The van der Waals surface area contributed by atoms with Gasteiger partial charge in [0.25, 0.3) is 5.91 Å². The Morgan fingerprint density at radius 3 is 2.18 bits per heavy atom. The van der Waals surface area contributed by atoms with Crippen molar-refractivity contribution in [1.82, 2.24) is 14.8 Å². The minimum Gasteiger partial charge on any atom is -0.497 e. The molecule has 210 valence electrons. The molecule has 1 aromatic carbocycles. The van der Waals surface area contributed by atoms with Gasteiger partial charge in [-0.1, -0.05) is 19.3 Å². The number of aromatic nitrogens is 1. The number of sulfonamides is 1. The molecule has 1 unspecified atom stereocenters. The van der Waals surface area contributed by atoms with Gasteiger partial charge >= 0.3 is 0 Å². The molecule has 1 aromatic heterocycles. The van der Waals surface area contributed by atoms with E-state index in [1.54, 1.807) is 42.1 Å². The van der Waals surface area contributed by atoms with Crippen LogP contribution < -0.4 is 10.2 Å². The second-order valence-corrected chi connectivity index (χ2v) is 11.8. The van der Waals surface area contributed by atoms with Gasteiger partial charge in [-0.25, -0.2) is 13.9 Å². The maximum Gasteiger partial charge on any atom is 0.262 e. The molecule has 2 aliphatic carbocycles. The highest BCUT2D eigenvalue weighted by Gasteiger charge is 2.42. The van der Waals surface area contributed by atoms with Crippen LogP contribution >= 0.6 is 12.4 Å². The maximum absolute atomic E-state index is 14.0. The van der Waals surface area contributed by atoms with Crippen molar-refractivity contribution in [1.29, 1.82) is 0 Å². The van der Waals surface area contributed by atoms with Crippen molar-refractivity contribution < 1.29 is 27.9 Å². The predicted molar refractivity (Wildman–Crippen MR) is 145 cm³/mol. The zero-order valence-corrected chi connectivity index (χ0v) is 23.3. The summed E-state index contributed by atoms with van der Waals surface area (Å²) in [4.78, 5) is 17.2. The van der Waals surface area contributed by atoms with E-state index in [0.29, 0.717) is 30.3 Å². The van der Waals surface area contributed by atoms with Gasteiger partial charge in [-0.15, -0.1) is 12.4 Å². The fraction of sp³-hybridized carbons (Fsp3) is 0.556. The zero-order chi connectivity index (χ0) is 26.3. The highest BCUT2D eigenvalue weighted by molar-refractivity contribution is 7.89. The van der Waals surface area contributed by atoms with Crippen molar-refractivity contribution >= 4 is 28.3 Å². The number of rotatable bonds is 10. The van der Waals surface area contributed by atoms with Crippen molar-refractivity contribution in [2.75, 3.05) is 7.11 Å². The largest absolute Gasteiger partial charge is 0.497 e. The van der Waals surface area contributed by atoms with Crippen LogP contribution in [0.5, 0.6) is 5.75 Å². The Hall–Kier alpha value is -2.24. The summed E-state index contributed by atoms with van der Waals surface area (Å²) in [7, 11) is -2.60. The fourth-order valence-electron chi connectivity index (χ4n) is 5.54. The van der Waals surface area contributed by atoms with Crippen molar-refractivity contribution in [3.63, 3.8) is 0 Å². The Balaban J connectivity index is 0.00000400. The lowest BCUT2D eigenvalue weighted by molar-refractivity contribution is -0.136. The van der Waals surface area contributed by atoms with Gasteiger partial charge in [0.15, 0.2) is 0 Å². The average Bonchev–Trinajstić information content (AvgIpc) is 2.94. The summed E-state index contributed by atoms with van der Waals surface area (Å²) in [5.74, 6) is -0.475. The Kier molecular flexibility index (Phi) is 11.3. The molecule has 1 heterocycles. The van der Waals surface area contributed by atoms with Gasteiger partial charge in [-0.2, -0.15) is 4.31 Å². The number of amides is 1. The number of carbonyl (C=O) groups excluding carboxylic acids is 1. The SMILES string of the molecule is COc1ccc(S(=O)(=O)N(Cc2ccncc2)C(C(=O)NO)C2CCC(OC3CCCCC3)CC2)cc1.Cl. The molecular formula is C27H38ClN3O6S. The Labute approximate surface area is 231 Å². The first kappa shape index (κ1) is 30.3. The topological polar surface area (TPSA) is 118 Å². The van der Waals surface area contributed by atoms with E-state index < -0.39 is 22.0 Å². The molecule has 2 saturated carbocycles. The molecule has 0 saturated heterocycles. The fourth-order valence-corrected chi connectivity index (χ4v) is 7.18. The molecular weight excluding hydrogens is 530 g/mol. The highest BCUT2D eigenvalue weighted by atomic mass is 35.5. The van der Waals surface area contributed by atoms with E-state index in [4.69, 9.17) is 9.47 Å². The van der Waals surface area contributed by atoms with E-state index in [1.807, 2.05) is 0 Å². The van der Waals surface area contributed by atoms with Crippen molar-refractivity contribution in [2.24, 2.45) is 5.92 Å². The lowest BCUT2D eigenvalue weighted by Crippen LogP contribution is -2.53. The summed E-state index contributed by atoms with van der Waals surface area (Å²) < 4.78 is 40.7. The highest BCUT2D eigenvalue weighted by Crippen LogP contribution is 2.36. The lowest BCUT2D eigenvalue weighted by atomic mass is 9.81. The van der Waals surface area contributed by atoms with Crippen LogP contribution in [0, 0.1) is 5.92 Å². The van der Waals surface area contributed by atoms with Gasteiger partial charge in [0.1, 0.15) is 11.8 Å². The summed E-state index contributed by atoms with van der Waals surface area (Å²) in [6.45, 7) is -0.0343. The molecule has 0 radical (unpaired) electrons. The quantitative estimate of drug-likeness (QED) is 0.321. The lowest BCUT2D eigenvalue weighted by Gasteiger charge is -2.39. The van der Waals surface area contributed by atoms with Crippen LogP contribution in [0.25, 0.3) is 0 Å². The number of nitrogens with one attached hydrogen (secondary N) is 1. The molecule has 2 fully saturated rings. The molecule has 4 rings (SSSR count). The van der Waals surface area contributed by atoms with Crippen molar-refractivity contribution in [2.45, 2.75) is 87.5 Å². The van der Waals surface area contributed by atoms with Crippen LogP contribution in [0.1, 0.15) is 63.4 Å². The number of pyridine rings is 1. The van der Waals surface area contributed by atoms with Gasteiger partial charge in [-0.05, 0) is 86.4 Å². The molecule has 2 N–H and O–H groups in total. The number of carbonyl (C=O) groups is 1. The molecule has 0 spiro atoms. The molecule has 0 bridgehead atoms. The summed E-state index contributed by atoms with van der Waals surface area (Å²) in [6, 6.07) is 8.45. The maximum atomic E-state index is 14.0. The van der Waals surface area contributed by atoms with Crippen molar-refractivity contribution in [3.05, 3.63) is 54.4 Å². The molecule has 2 aromatic rings. The van der Waals surface area contributed by atoms with Gasteiger partial charge in [0.2, 0.25) is 10.0 Å². The van der Waals surface area contributed by atoms with E-state index in [0.717, 1.165) is 25.7 Å². The first-order chi connectivity index (χ1) is 17.9. The third-order valence-corrected chi connectivity index (χ3v) is 9.39. The monoisotopic (exact) mass is 567 g/mol. The second kappa shape index (κ2) is 14.2. The number of halogens is 1. The minimum atomic E-state index is -4.11. The third kappa shape index (κ3) is 7.45. The van der Waals surface area contributed by atoms with Crippen LogP contribution in [-0.4, -0.2) is 54.2 Å². The zero-order valence-electron chi connectivity index (χ0n) is 21.7. The van der Waals surface area contributed by atoms with E-state index in [2.05, 4.69) is 4.98 Å². The molecule has 1 amide bonds. The number of ether oxygens (including phenoxy) is 2. The third-order valence-electron chi connectivity index (χ3n) is 7.55. The number of methoxy groups -OCH3 is 1. The molecule has 11 heteroatoms. The summed E-state index contributed by atoms with van der Waals surface area (Å²) in [5, 5.41) is 9.65. The van der Waals surface area contributed by atoms with Crippen LogP contribution in [0.3, 0.4) is 0 Å². The van der Waals surface area contributed by atoms with Crippen LogP contribution in [-0.2, 0) is 26.1 Å². The van der Waals surface area contributed by atoms with E-state index in [-0.39, 0.29) is 35.9 Å². The number of nitrogens with zero attached hydrogens (tertiary/aromatic N) is 2. The van der Waals surface area contributed by atoms with E-state index in [1.165, 1.54) is 42.8 Å². The first-order valence-electron chi connectivity index (χ1n) is 13.1. The minimum absolute atomic E-state index is 0. The van der Waals surface area contributed by atoms with Gasteiger partial charge in [-0.3, -0.25) is 15.0 Å². The Morgan fingerprint density at radius 2 is 1.61 bits per heavy atom.